The van der Waals surface area contributed by atoms with Crippen LogP contribution in [0.1, 0.15) is 36.3 Å². The molecule has 0 aliphatic carbocycles. The van der Waals surface area contributed by atoms with E-state index >= 15 is 0 Å². The second kappa shape index (κ2) is 6.47. The summed E-state index contributed by atoms with van der Waals surface area (Å²) in [6.07, 6.45) is 0.708. The lowest BCUT2D eigenvalue weighted by molar-refractivity contribution is -0.122. The highest BCUT2D eigenvalue weighted by Crippen LogP contribution is 2.33. The Kier molecular flexibility index (Phi) is 4.38. The number of amides is 2. The molecular formula is C18H22N4O2. The van der Waals surface area contributed by atoms with E-state index in [1.54, 1.807) is 16.5 Å². The first-order valence-electron chi connectivity index (χ1n) is 8.13. The van der Waals surface area contributed by atoms with E-state index in [9.17, 15) is 9.59 Å². The van der Waals surface area contributed by atoms with Crippen molar-refractivity contribution in [3.63, 3.8) is 0 Å². The fraction of sp³-hybridized carbons (Fsp3) is 0.389. The van der Waals surface area contributed by atoms with E-state index in [1.165, 1.54) is 0 Å². The van der Waals surface area contributed by atoms with Crippen molar-refractivity contribution >= 4 is 17.5 Å². The second-order valence-corrected chi connectivity index (χ2v) is 6.22. The third-order valence-corrected chi connectivity index (χ3v) is 4.36. The number of benzene rings is 1. The molecule has 2 aromatic rings. The lowest BCUT2D eigenvalue weighted by Gasteiger charge is -2.34. The number of anilines is 1. The molecule has 1 aliphatic heterocycles. The van der Waals surface area contributed by atoms with Gasteiger partial charge < -0.3 is 10.2 Å². The molecule has 0 spiro atoms. The molecule has 1 aromatic carbocycles. The number of fused-ring (bicyclic) bond motifs is 1. The number of aromatic nitrogens is 2. The van der Waals surface area contributed by atoms with E-state index < -0.39 is 0 Å². The van der Waals surface area contributed by atoms with Crippen LogP contribution in [-0.4, -0.2) is 28.1 Å². The fourth-order valence-corrected chi connectivity index (χ4v) is 3.25. The molecule has 0 bridgehead atoms. The minimum Gasteiger partial charge on any atom is -0.348 e. The Morgan fingerprint density at radius 3 is 2.71 bits per heavy atom. The van der Waals surface area contributed by atoms with Crippen LogP contribution >= 0.6 is 0 Å². The molecule has 6 nitrogen and oxygen atoms in total. The maximum Gasteiger partial charge on any atom is 0.242 e. The summed E-state index contributed by atoms with van der Waals surface area (Å²) in [5.74, 6) is -0.0489. The zero-order valence-electron chi connectivity index (χ0n) is 14.2. The maximum absolute atomic E-state index is 12.4. The van der Waals surface area contributed by atoms with E-state index in [2.05, 4.69) is 10.4 Å². The van der Waals surface area contributed by atoms with Gasteiger partial charge in [0.2, 0.25) is 11.8 Å². The van der Waals surface area contributed by atoms with Gasteiger partial charge in [-0.3, -0.25) is 14.3 Å². The van der Waals surface area contributed by atoms with Gasteiger partial charge in [0.25, 0.3) is 0 Å². The Morgan fingerprint density at radius 2 is 2.04 bits per heavy atom. The molecule has 0 fully saturated rings. The van der Waals surface area contributed by atoms with Crippen molar-refractivity contribution in [3.05, 3.63) is 47.3 Å². The third-order valence-electron chi connectivity index (χ3n) is 4.36. The second-order valence-electron chi connectivity index (χ2n) is 6.22. The van der Waals surface area contributed by atoms with Gasteiger partial charge in [0.05, 0.1) is 11.7 Å². The third kappa shape index (κ3) is 3.18. The first-order valence-corrected chi connectivity index (χ1v) is 8.13. The van der Waals surface area contributed by atoms with Gasteiger partial charge in [-0.25, -0.2) is 0 Å². The number of para-hydroxylation sites is 1. The standard InChI is InChI=1S/C18H22N4O2/c1-12-10-13(2)22(20-12)11-18(24)19-16-8-9-21(14(3)23)17-7-5-4-6-15(16)17/h4-7,10,16H,8-9,11H2,1-3H3,(H,19,24). The van der Waals surface area contributed by atoms with Crippen LogP contribution in [-0.2, 0) is 16.1 Å². The molecule has 0 saturated carbocycles. The van der Waals surface area contributed by atoms with Gasteiger partial charge in [0, 0.05) is 24.8 Å². The van der Waals surface area contributed by atoms with Crippen LogP contribution in [0.4, 0.5) is 5.69 Å². The van der Waals surface area contributed by atoms with Crippen LogP contribution < -0.4 is 10.2 Å². The molecule has 0 radical (unpaired) electrons. The van der Waals surface area contributed by atoms with E-state index in [1.807, 2.05) is 44.2 Å². The van der Waals surface area contributed by atoms with Gasteiger partial charge in [-0.1, -0.05) is 18.2 Å². The van der Waals surface area contributed by atoms with Crippen molar-refractivity contribution in [1.29, 1.82) is 0 Å². The van der Waals surface area contributed by atoms with Crippen molar-refractivity contribution in [2.75, 3.05) is 11.4 Å². The Hall–Kier alpha value is -2.63. The molecule has 1 atom stereocenters. The molecule has 1 unspecified atom stereocenters. The van der Waals surface area contributed by atoms with Crippen LogP contribution in [0.2, 0.25) is 0 Å². The van der Waals surface area contributed by atoms with Crippen molar-refractivity contribution in [3.8, 4) is 0 Å². The number of aryl methyl sites for hydroxylation is 2. The number of rotatable bonds is 3. The lowest BCUT2D eigenvalue weighted by atomic mass is 9.96. The molecule has 1 N–H and O–H groups in total. The Bertz CT molecular complexity index is 781. The highest BCUT2D eigenvalue weighted by molar-refractivity contribution is 5.93. The zero-order chi connectivity index (χ0) is 17.3. The fourth-order valence-electron chi connectivity index (χ4n) is 3.25. The van der Waals surface area contributed by atoms with E-state index in [0.29, 0.717) is 13.0 Å². The summed E-state index contributed by atoms with van der Waals surface area (Å²) >= 11 is 0. The van der Waals surface area contributed by atoms with E-state index in [0.717, 1.165) is 22.6 Å². The first-order chi connectivity index (χ1) is 11.5. The van der Waals surface area contributed by atoms with Crippen LogP contribution in [0.3, 0.4) is 0 Å². The summed E-state index contributed by atoms with van der Waals surface area (Å²) in [6, 6.07) is 9.61. The van der Waals surface area contributed by atoms with Gasteiger partial charge in [0.15, 0.2) is 0 Å². The number of hydrogen-bond acceptors (Lipinski definition) is 3. The predicted octanol–water partition coefficient (Wildman–Crippen LogP) is 2.11. The van der Waals surface area contributed by atoms with E-state index in [-0.39, 0.29) is 24.4 Å². The van der Waals surface area contributed by atoms with Gasteiger partial charge in [-0.2, -0.15) is 5.10 Å². The Balaban J connectivity index is 1.75. The number of carbonyl (C=O) groups excluding carboxylic acids is 2. The number of nitrogens with zero attached hydrogens (tertiary/aromatic N) is 3. The van der Waals surface area contributed by atoms with Gasteiger partial charge >= 0.3 is 0 Å². The molecule has 2 heterocycles. The smallest absolute Gasteiger partial charge is 0.242 e. The molecule has 2 amide bonds. The topological polar surface area (TPSA) is 67.2 Å². The number of hydrogen-bond donors (Lipinski definition) is 1. The summed E-state index contributed by atoms with van der Waals surface area (Å²) in [5, 5.41) is 7.41. The van der Waals surface area contributed by atoms with Crippen molar-refractivity contribution < 1.29 is 9.59 Å². The molecule has 24 heavy (non-hydrogen) atoms. The molecule has 3 rings (SSSR count). The highest BCUT2D eigenvalue weighted by atomic mass is 16.2. The SMILES string of the molecule is CC(=O)N1CCC(NC(=O)Cn2nc(C)cc2C)c2ccccc21. The summed E-state index contributed by atoms with van der Waals surface area (Å²) < 4.78 is 1.71. The van der Waals surface area contributed by atoms with Gasteiger partial charge in [0.1, 0.15) is 6.54 Å². The van der Waals surface area contributed by atoms with Crippen molar-refractivity contribution in [2.45, 2.75) is 39.8 Å². The van der Waals surface area contributed by atoms with Gasteiger partial charge in [-0.15, -0.1) is 0 Å². The molecule has 1 aliphatic rings. The average Bonchev–Trinajstić information content (AvgIpc) is 2.84. The summed E-state index contributed by atoms with van der Waals surface area (Å²) in [5.41, 5.74) is 3.74. The highest BCUT2D eigenvalue weighted by Gasteiger charge is 2.27. The lowest BCUT2D eigenvalue weighted by Crippen LogP contribution is -2.41. The number of carbonyl (C=O) groups is 2. The largest absolute Gasteiger partial charge is 0.348 e. The normalized spacial score (nSPS) is 16.6. The Morgan fingerprint density at radius 1 is 1.29 bits per heavy atom. The monoisotopic (exact) mass is 326 g/mol. The van der Waals surface area contributed by atoms with Crippen molar-refractivity contribution in [1.82, 2.24) is 15.1 Å². The first kappa shape index (κ1) is 16.2. The maximum atomic E-state index is 12.4. The Labute approximate surface area is 141 Å². The summed E-state index contributed by atoms with van der Waals surface area (Å²) in [4.78, 5) is 26.0. The predicted molar refractivity (Wildman–Crippen MR) is 91.7 cm³/mol. The quantitative estimate of drug-likeness (QED) is 0.939. The van der Waals surface area contributed by atoms with E-state index in [4.69, 9.17) is 0 Å². The minimum absolute atomic E-state index is 0.0230. The minimum atomic E-state index is -0.0822. The van der Waals surface area contributed by atoms with Crippen LogP contribution in [0, 0.1) is 13.8 Å². The van der Waals surface area contributed by atoms with Crippen LogP contribution in [0.15, 0.2) is 30.3 Å². The molecule has 6 heteroatoms. The molecular weight excluding hydrogens is 304 g/mol. The number of nitrogens with one attached hydrogen (secondary N) is 1. The summed E-state index contributed by atoms with van der Waals surface area (Å²) in [6.45, 7) is 6.23. The summed E-state index contributed by atoms with van der Waals surface area (Å²) in [7, 11) is 0. The van der Waals surface area contributed by atoms with Crippen LogP contribution in [0.25, 0.3) is 0 Å². The van der Waals surface area contributed by atoms with Crippen molar-refractivity contribution in [2.24, 2.45) is 0 Å². The molecule has 126 valence electrons. The zero-order valence-corrected chi connectivity index (χ0v) is 14.2. The van der Waals surface area contributed by atoms with Gasteiger partial charge in [-0.05, 0) is 38.0 Å². The van der Waals surface area contributed by atoms with Crippen LogP contribution in [0.5, 0.6) is 0 Å². The molecule has 1 aromatic heterocycles. The molecule has 0 saturated heterocycles. The average molecular weight is 326 g/mol.